The van der Waals surface area contributed by atoms with E-state index >= 15 is 0 Å². The molecule has 1 aromatic rings. The number of hydrogen-bond acceptors (Lipinski definition) is 4. The van der Waals surface area contributed by atoms with E-state index in [0.29, 0.717) is 31.7 Å². The minimum Gasteiger partial charge on any atom is -0.483 e. The standard InChI is InChI=1S/C13H16N2O4/c1-10(16)14-8-6-11(7-9-14)19-13-5-3-2-4-12(13)15(17)18/h2-5,11H,6-9H2,1H3. The average molecular weight is 264 g/mol. The molecule has 1 saturated heterocycles. The summed E-state index contributed by atoms with van der Waals surface area (Å²) in [4.78, 5) is 23.4. The maximum Gasteiger partial charge on any atom is 0.310 e. The van der Waals surface area contributed by atoms with Crippen molar-refractivity contribution in [3.8, 4) is 5.75 Å². The Morgan fingerprint density at radius 3 is 2.58 bits per heavy atom. The number of carbonyl (C=O) groups excluding carboxylic acids is 1. The van der Waals surface area contributed by atoms with Crippen LogP contribution in [0.4, 0.5) is 5.69 Å². The molecule has 1 aliphatic rings. The minimum atomic E-state index is -0.444. The number of amides is 1. The number of ether oxygens (including phenoxy) is 1. The van der Waals surface area contributed by atoms with Gasteiger partial charge in [-0.3, -0.25) is 14.9 Å². The van der Waals surface area contributed by atoms with Crippen molar-refractivity contribution in [1.29, 1.82) is 0 Å². The first-order chi connectivity index (χ1) is 9.08. The topological polar surface area (TPSA) is 72.7 Å². The van der Waals surface area contributed by atoms with E-state index in [2.05, 4.69) is 0 Å². The van der Waals surface area contributed by atoms with Gasteiger partial charge in [-0.15, -0.1) is 0 Å². The third-order valence-electron chi connectivity index (χ3n) is 3.24. The summed E-state index contributed by atoms with van der Waals surface area (Å²) >= 11 is 0. The van der Waals surface area contributed by atoms with Gasteiger partial charge >= 0.3 is 5.69 Å². The maximum absolute atomic E-state index is 11.2. The zero-order valence-corrected chi connectivity index (χ0v) is 10.7. The molecule has 0 N–H and O–H groups in total. The van der Waals surface area contributed by atoms with E-state index in [1.165, 1.54) is 6.07 Å². The minimum absolute atomic E-state index is 0.0171. The quantitative estimate of drug-likeness (QED) is 0.618. The highest BCUT2D eigenvalue weighted by atomic mass is 16.6. The predicted octanol–water partition coefficient (Wildman–Crippen LogP) is 1.98. The molecule has 0 bridgehead atoms. The highest BCUT2D eigenvalue weighted by Gasteiger charge is 2.24. The van der Waals surface area contributed by atoms with Crippen LogP contribution in [0.2, 0.25) is 0 Å². The summed E-state index contributed by atoms with van der Waals surface area (Å²) in [5, 5.41) is 10.9. The molecule has 2 rings (SSSR count). The highest BCUT2D eigenvalue weighted by Crippen LogP contribution is 2.28. The van der Waals surface area contributed by atoms with Crippen molar-refractivity contribution in [3.63, 3.8) is 0 Å². The Labute approximate surface area is 111 Å². The fourth-order valence-corrected chi connectivity index (χ4v) is 2.18. The van der Waals surface area contributed by atoms with Crippen LogP contribution in [0.15, 0.2) is 24.3 Å². The van der Waals surface area contributed by atoms with Gasteiger partial charge in [-0.05, 0) is 6.07 Å². The molecule has 6 heteroatoms. The van der Waals surface area contributed by atoms with E-state index in [1.54, 1.807) is 30.0 Å². The smallest absolute Gasteiger partial charge is 0.310 e. The molecule has 0 radical (unpaired) electrons. The lowest BCUT2D eigenvalue weighted by Gasteiger charge is -2.31. The van der Waals surface area contributed by atoms with E-state index in [1.807, 2.05) is 0 Å². The molecule has 0 saturated carbocycles. The second-order valence-electron chi connectivity index (χ2n) is 4.55. The van der Waals surface area contributed by atoms with Gasteiger partial charge in [0.05, 0.1) is 4.92 Å². The summed E-state index contributed by atoms with van der Waals surface area (Å²) in [5.41, 5.74) is -0.0171. The van der Waals surface area contributed by atoms with Crippen LogP contribution < -0.4 is 4.74 Å². The molecule has 1 fully saturated rings. The van der Waals surface area contributed by atoms with Crippen LogP contribution in [0.1, 0.15) is 19.8 Å². The second-order valence-corrected chi connectivity index (χ2v) is 4.55. The molecule has 0 unspecified atom stereocenters. The van der Waals surface area contributed by atoms with Gasteiger partial charge in [-0.25, -0.2) is 0 Å². The maximum atomic E-state index is 11.2. The second kappa shape index (κ2) is 5.69. The molecule has 19 heavy (non-hydrogen) atoms. The Morgan fingerprint density at radius 1 is 1.37 bits per heavy atom. The summed E-state index contributed by atoms with van der Waals surface area (Å²) in [5.74, 6) is 0.359. The number of nitro benzene ring substituents is 1. The van der Waals surface area contributed by atoms with Gasteiger partial charge in [-0.2, -0.15) is 0 Å². The summed E-state index contributed by atoms with van der Waals surface area (Å²) in [7, 11) is 0. The van der Waals surface area contributed by atoms with E-state index in [9.17, 15) is 14.9 Å². The third kappa shape index (κ3) is 3.21. The van der Waals surface area contributed by atoms with Gasteiger partial charge < -0.3 is 9.64 Å². The molecular formula is C13H16N2O4. The van der Waals surface area contributed by atoms with E-state index < -0.39 is 4.92 Å². The Morgan fingerprint density at radius 2 is 2.00 bits per heavy atom. The molecule has 0 atom stereocenters. The lowest BCUT2D eigenvalue weighted by Crippen LogP contribution is -2.40. The molecule has 102 valence electrons. The third-order valence-corrected chi connectivity index (χ3v) is 3.24. The molecular weight excluding hydrogens is 248 g/mol. The molecule has 0 aromatic heterocycles. The van der Waals surface area contributed by atoms with Crippen molar-refractivity contribution in [3.05, 3.63) is 34.4 Å². The first-order valence-corrected chi connectivity index (χ1v) is 6.23. The van der Waals surface area contributed by atoms with Crippen LogP contribution in [-0.2, 0) is 4.79 Å². The monoisotopic (exact) mass is 264 g/mol. The summed E-state index contributed by atoms with van der Waals surface area (Å²) in [6.07, 6.45) is 1.33. The molecule has 1 aromatic carbocycles. The Hall–Kier alpha value is -2.11. The van der Waals surface area contributed by atoms with E-state index in [-0.39, 0.29) is 17.7 Å². The van der Waals surface area contributed by atoms with Crippen LogP contribution >= 0.6 is 0 Å². The number of benzene rings is 1. The first-order valence-electron chi connectivity index (χ1n) is 6.23. The lowest BCUT2D eigenvalue weighted by atomic mass is 10.1. The summed E-state index contributed by atoms with van der Waals surface area (Å²) in [6.45, 7) is 2.82. The number of hydrogen-bond donors (Lipinski definition) is 0. The van der Waals surface area contributed by atoms with Gasteiger partial charge in [0.2, 0.25) is 5.91 Å². The van der Waals surface area contributed by atoms with Crippen LogP contribution in [0.25, 0.3) is 0 Å². The molecule has 0 spiro atoms. The van der Waals surface area contributed by atoms with Gasteiger partial charge in [0, 0.05) is 38.9 Å². The Kier molecular flexibility index (Phi) is 3.99. The first kappa shape index (κ1) is 13.3. The van der Waals surface area contributed by atoms with Crippen molar-refractivity contribution in [2.75, 3.05) is 13.1 Å². The van der Waals surface area contributed by atoms with Crippen LogP contribution in [-0.4, -0.2) is 34.9 Å². The Balaban J connectivity index is 2.00. The van der Waals surface area contributed by atoms with Crippen molar-refractivity contribution < 1.29 is 14.5 Å². The predicted molar refractivity (Wildman–Crippen MR) is 69.0 cm³/mol. The van der Waals surface area contributed by atoms with Crippen LogP contribution in [0.5, 0.6) is 5.75 Å². The number of likely N-dealkylation sites (tertiary alicyclic amines) is 1. The number of nitrogens with zero attached hydrogens (tertiary/aromatic N) is 2. The summed E-state index contributed by atoms with van der Waals surface area (Å²) < 4.78 is 5.70. The van der Waals surface area contributed by atoms with E-state index in [0.717, 1.165) is 0 Å². The van der Waals surface area contributed by atoms with Crippen LogP contribution in [0, 0.1) is 10.1 Å². The molecule has 1 heterocycles. The molecule has 6 nitrogen and oxygen atoms in total. The van der Waals surface area contributed by atoms with Crippen molar-refractivity contribution in [2.24, 2.45) is 0 Å². The molecule has 0 aliphatic carbocycles. The lowest BCUT2D eigenvalue weighted by molar-refractivity contribution is -0.386. The molecule has 1 aliphatic heterocycles. The highest BCUT2D eigenvalue weighted by molar-refractivity contribution is 5.73. The number of rotatable bonds is 3. The number of piperidine rings is 1. The normalized spacial score (nSPS) is 16.2. The van der Waals surface area contributed by atoms with Gasteiger partial charge in [0.15, 0.2) is 5.75 Å². The zero-order chi connectivity index (χ0) is 13.8. The van der Waals surface area contributed by atoms with E-state index in [4.69, 9.17) is 4.74 Å². The molecule has 1 amide bonds. The average Bonchev–Trinajstić information content (AvgIpc) is 2.39. The van der Waals surface area contributed by atoms with Crippen molar-refractivity contribution in [1.82, 2.24) is 4.90 Å². The number of carbonyl (C=O) groups is 1. The fourth-order valence-electron chi connectivity index (χ4n) is 2.18. The van der Waals surface area contributed by atoms with Crippen molar-refractivity contribution >= 4 is 11.6 Å². The largest absolute Gasteiger partial charge is 0.483 e. The fraction of sp³-hybridized carbons (Fsp3) is 0.462. The Bertz CT molecular complexity index is 481. The van der Waals surface area contributed by atoms with Crippen LogP contribution in [0.3, 0.4) is 0 Å². The van der Waals surface area contributed by atoms with Gasteiger partial charge in [0.1, 0.15) is 6.10 Å². The number of nitro groups is 1. The van der Waals surface area contributed by atoms with Gasteiger partial charge in [0.25, 0.3) is 0 Å². The zero-order valence-electron chi connectivity index (χ0n) is 10.7. The number of para-hydroxylation sites is 2. The van der Waals surface area contributed by atoms with Gasteiger partial charge in [-0.1, -0.05) is 12.1 Å². The SMILES string of the molecule is CC(=O)N1CCC(Oc2ccccc2[N+](=O)[O-])CC1. The van der Waals surface area contributed by atoms with Crippen molar-refractivity contribution in [2.45, 2.75) is 25.9 Å². The summed E-state index contributed by atoms with van der Waals surface area (Å²) in [6, 6.07) is 6.37.